The van der Waals surface area contributed by atoms with Crippen molar-refractivity contribution in [1.82, 2.24) is 9.78 Å². The summed E-state index contributed by atoms with van der Waals surface area (Å²) in [6.07, 6.45) is 6.00. The SMILES string of the molecule is C=CC(=O)n1nc(N)c2c1CC(c1ccccc1)(c1ccccc1)C=C2. The molecule has 128 valence electrons. The maximum Gasteiger partial charge on any atom is 0.270 e. The van der Waals surface area contributed by atoms with E-state index in [0.29, 0.717) is 12.2 Å². The molecule has 1 aromatic heterocycles. The van der Waals surface area contributed by atoms with Gasteiger partial charge in [0.15, 0.2) is 5.82 Å². The van der Waals surface area contributed by atoms with Crippen LogP contribution in [0.2, 0.25) is 0 Å². The summed E-state index contributed by atoms with van der Waals surface area (Å²) in [5.41, 5.74) is 9.59. The van der Waals surface area contributed by atoms with Gasteiger partial charge < -0.3 is 5.73 Å². The molecule has 0 amide bonds. The third-order valence-electron chi connectivity index (χ3n) is 4.99. The lowest BCUT2D eigenvalue weighted by molar-refractivity contribution is 0.0950. The summed E-state index contributed by atoms with van der Waals surface area (Å²) in [5.74, 6) is 0.0875. The van der Waals surface area contributed by atoms with Gasteiger partial charge in [-0.05, 0) is 17.2 Å². The molecule has 0 aliphatic heterocycles. The summed E-state index contributed by atoms with van der Waals surface area (Å²) in [4.78, 5) is 12.3. The second kappa shape index (κ2) is 6.15. The zero-order valence-electron chi connectivity index (χ0n) is 14.3. The Kier molecular flexibility index (Phi) is 3.81. The summed E-state index contributed by atoms with van der Waals surface area (Å²) in [6.45, 7) is 3.58. The predicted octanol–water partition coefficient (Wildman–Crippen LogP) is 3.85. The Labute approximate surface area is 152 Å². The van der Waals surface area contributed by atoms with Crippen LogP contribution in [0.5, 0.6) is 0 Å². The number of aromatic nitrogens is 2. The van der Waals surface area contributed by atoms with Gasteiger partial charge in [-0.1, -0.05) is 79.4 Å². The number of carbonyl (C=O) groups excluding carboxylic acids is 1. The zero-order valence-corrected chi connectivity index (χ0v) is 14.3. The van der Waals surface area contributed by atoms with Crippen LogP contribution in [0.3, 0.4) is 0 Å². The first-order valence-electron chi connectivity index (χ1n) is 8.50. The fourth-order valence-electron chi connectivity index (χ4n) is 3.69. The minimum absolute atomic E-state index is 0.275. The van der Waals surface area contributed by atoms with Gasteiger partial charge in [-0.15, -0.1) is 5.10 Å². The molecule has 0 radical (unpaired) electrons. The molecule has 3 aromatic rings. The molecule has 4 nitrogen and oxygen atoms in total. The van der Waals surface area contributed by atoms with Gasteiger partial charge in [0.25, 0.3) is 5.91 Å². The average Bonchev–Trinajstić information content (AvgIpc) is 3.04. The molecule has 1 heterocycles. The minimum atomic E-state index is -0.388. The van der Waals surface area contributed by atoms with Gasteiger partial charge in [0.1, 0.15) is 0 Å². The van der Waals surface area contributed by atoms with Crippen LogP contribution in [0.15, 0.2) is 79.4 Å². The molecule has 1 aliphatic carbocycles. The van der Waals surface area contributed by atoms with Gasteiger partial charge in [-0.2, -0.15) is 4.68 Å². The number of carbonyl (C=O) groups is 1. The van der Waals surface area contributed by atoms with E-state index < -0.39 is 0 Å². The van der Waals surface area contributed by atoms with E-state index in [2.05, 4.69) is 42.0 Å². The molecular formula is C22H19N3O. The number of nitrogens with zero attached hydrogens (tertiary/aromatic N) is 2. The molecule has 4 rings (SSSR count). The van der Waals surface area contributed by atoms with Crippen molar-refractivity contribution in [1.29, 1.82) is 0 Å². The van der Waals surface area contributed by atoms with Gasteiger partial charge in [0, 0.05) is 17.4 Å². The number of anilines is 1. The first-order valence-corrected chi connectivity index (χ1v) is 8.50. The summed E-state index contributed by atoms with van der Waals surface area (Å²) in [6, 6.07) is 20.6. The Hall–Kier alpha value is -3.40. The van der Waals surface area contributed by atoms with Crippen molar-refractivity contribution >= 4 is 17.8 Å². The molecule has 0 atom stereocenters. The van der Waals surface area contributed by atoms with Crippen molar-refractivity contribution in [2.24, 2.45) is 0 Å². The number of hydrogen-bond acceptors (Lipinski definition) is 3. The van der Waals surface area contributed by atoms with Gasteiger partial charge in [0.2, 0.25) is 0 Å². The minimum Gasteiger partial charge on any atom is -0.382 e. The summed E-state index contributed by atoms with van der Waals surface area (Å²) in [5, 5.41) is 4.24. The Bertz CT molecular complexity index is 961. The van der Waals surface area contributed by atoms with E-state index in [0.717, 1.165) is 22.4 Å². The number of nitrogens with two attached hydrogens (primary N) is 1. The molecule has 2 aromatic carbocycles. The lowest BCUT2D eigenvalue weighted by Gasteiger charge is -2.35. The fraction of sp³-hybridized carbons (Fsp3) is 0.0909. The third-order valence-corrected chi connectivity index (χ3v) is 4.99. The highest BCUT2D eigenvalue weighted by Gasteiger charge is 2.37. The Balaban J connectivity index is 1.95. The highest BCUT2D eigenvalue weighted by atomic mass is 16.2. The van der Waals surface area contributed by atoms with Crippen molar-refractivity contribution in [3.63, 3.8) is 0 Å². The normalized spacial score (nSPS) is 14.6. The molecule has 0 unspecified atom stereocenters. The smallest absolute Gasteiger partial charge is 0.270 e. The Morgan fingerprint density at radius 2 is 1.65 bits per heavy atom. The molecule has 26 heavy (non-hydrogen) atoms. The maximum absolute atomic E-state index is 12.3. The molecule has 0 bridgehead atoms. The van der Waals surface area contributed by atoms with Gasteiger partial charge in [-0.25, -0.2) is 0 Å². The van der Waals surface area contributed by atoms with Crippen molar-refractivity contribution in [2.75, 3.05) is 5.73 Å². The van der Waals surface area contributed by atoms with E-state index >= 15 is 0 Å². The number of fused-ring (bicyclic) bond motifs is 1. The van der Waals surface area contributed by atoms with Crippen molar-refractivity contribution in [3.05, 3.63) is 102 Å². The molecule has 0 saturated heterocycles. The van der Waals surface area contributed by atoms with E-state index in [4.69, 9.17) is 5.73 Å². The van der Waals surface area contributed by atoms with E-state index in [-0.39, 0.29) is 11.3 Å². The number of rotatable bonds is 3. The predicted molar refractivity (Wildman–Crippen MR) is 104 cm³/mol. The van der Waals surface area contributed by atoms with E-state index in [1.165, 1.54) is 10.8 Å². The topological polar surface area (TPSA) is 60.9 Å². The molecular weight excluding hydrogens is 322 g/mol. The largest absolute Gasteiger partial charge is 0.382 e. The maximum atomic E-state index is 12.3. The van der Waals surface area contributed by atoms with E-state index in [1.54, 1.807) is 0 Å². The van der Waals surface area contributed by atoms with Crippen LogP contribution in [-0.2, 0) is 11.8 Å². The molecule has 0 saturated carbocycles. The molecule has 0 fully saturated rings. The van der Waals surface area contributed by atoms with Crippen molar-refractivity contribution < 1.29 is 4.79 Å². The monoisotopic (exact) mass is 341 g/mol. The first-order chi connectivity index (χ1) is 12.7. The fourth-order valence-corrected chi connectivity index (χ4v) is 3.69. The molecule has 2 N–H and O–H groups in total. The lowest BCUT2D eigenvalue weighted by Crippen LogP contribution is -2.32. The van der Waals surface area contributed by atoms with Crippen molar-refractivity contribution in [3.8, 4) is 0 Å². The summed E-state index contributed by atoms with van der Waals surface area (Å²) in [7, 11) is 0. The van der Waals surface area contributed by atoms with Gasteiger partial charge in [-0.3, -0.25) is 4.79 Å². The molecule has 4 heteroatoms. The number of benzene rings is 2. The zero-order chi connectivity index (χ0) is 18.1. The average molecular weight is 341 g/mol. The second-order valence-corrected chi connectivity index (χ2v) is 6.41. The van der Waals surface area contributed by atoms with Crippen LogP contribution in [0.25, 0.3) is 6.08 Å². The number of allylic oxidation sites excluding steroid dienone is 2. The summed E-state index contributed by atoms with van der Waals surface area (Å²) < 4.78 is 1.38. The quantitative estimate of drug-likeness (QED) is 0.736. The van der Waals surface area contributed by atoms with Crippen LogP contribution >= 0.6 is 0 Å². The first kappa shape index (κ1) is 16.1. The lowest BCUT2D eigenvalue weighted by atomic mass is 9.68. The summed E-state index contributed by atoms with van der Waals surface area (Å²) >= 11 is 0. The van der Waals surface area contributed by atoms with E-state index in [9.17, 15) is 4.79 Å². The highest BCUT2D eigenvalue weighted by molar-refractivity contribution is 5.90. The third kappa shape index (κ3) is 2.39. The Morgan fingerprint density at radius 1 is 1.08 bits per heavy atom. The van der Waals surface area contributed by atoms with Gasteiger partial charge in [0.05, 0.1) is 5.69 Å². The Morgan fingerprint density at radius 3 is 2.19 bits per heavy atom. The number of hydrogen-bond donors (Lipinski definition) is 1. The highest BCUT2D eigenvalue weighted by Crippen LogP contribution is 2.42. The molecule has 0 spiro atoms. The second-order valence-electron chi connectivity index (χ2n) is 6.41. The van der Waals surface area contributed by atoms with Gasteiger partial charge >= 0.3 is 0 Å². The number of nitrogen functional groups attached to an aromatic ring is 1. The standard InChI is InChI=1S/C22H19N3O/c1-2-20(26)25-19-15-22(16-9-5-3-6-10-16,17-11-7-4-8-12-17)14-13-18(19)21(23)24-25/h2-14H,1,15H2,(H2,23,24). The van der Waals surface area contributed by atoms with Crippen LogP contribution in [0, 0.1) is 0 Å². The van der Waals surface area contributed by atoms with E-state index in [1.807, 2.05) is 42.5 Å². The van der Waals surface area contributed by atoms with Crippen LogP contribution < -0.4 is 5.73 Å². The molecule has 1 aliphatic rings. The van der Waals surface area contributed by atoms with Crippen LogP contribution in [0.4, 0.5) is 5.82 Å². The van der Waals surface area contributed by atoms with Crippen LogP contribution in [0.1, 0.15) is 27.2 Å². The van der Waals surface area contributed by atoms with Crippen molar-refractivity contribution in [2.45, 2.75) is 11.8 Å². The van der Waals surface area contributed by atoms with Crippen LogP contribution in [-0.4, -0.2) is 15.7 Å².